The normalized spacial score (nSPS) is 11.8. The molecular weight excluding hydrogens is 549 g/mol. The van der Waals surface area contributed by atoms with Crippen molar-refractivity contribution >= 4 is 39.2 Å². The van der Waals surface area contributed by atoms with Crippen molar-refractivity contribution in [2.24, 2.45) is 0 Å². The third-order valence-electron chi connectivity index (χ3n) is 5.68. The van der Waals surface area contributed by atoms with Crippen LogP contribution in [0.5, 0.6) is 0 Å². The van der Waals surface area contributed by atoms with Crippen LogP contribution in [0.4, 0.5) is 36.4 Å². The van der Waals surface area contributed by atoms with Crippen LogP contribution >= 0.6 is 0 Å². The fraction of sp³-hybridized carbons (Fsp3) is 0.360. The largest absolute Gasteiger partial charge is 0.421 e. The number of rotatable bonds is 12. The highest BCUT2D eigenvalue weighted by molar-refractivity contribution is 7.92. The molecule has 3 rings (SSSR count). The lowest BCUT2D eigenvalue weighted by Crippen LogP contribution is -2.33. The minimum atomic E-state index is -4.75. The Morgan fingerprint density at radius 3 is 2.33 bits per heavy atom. The lowest BCUT2D eigenvalue weighted by molar-refractivity contribution is -0.137. The Hall–Kier alpha value is -3.98. The maximum Gasteiger partial charge on any atom is 0.421 e. The van der Waals surface area contributed by atoms with Crippen LogP contribution in [-0.4, -0.2) is 79.1 Å². The van der Waals surface area contributed by atoms with Gasteiger partial charge < -0.3 is 20.4 Å². The Morgan fingerprint density at radius 2 is 1.70 bits per heavy atom. The first-order valence-corrected chi connectivity index (χ1v) is 13.8. The number of nitrogens with zero attached hydrogens (tertiary/aromatic N) is 5. The molecule has 0 spiro atoms. The van der Waals surface area contributed by atoms with E-state index >= 15 is 0 Å². The Morgan fingerprint density at radius 1 is 1.00 bits per heavy atom. The van der Waals surface area contributed by atoms with E-state index in [2.05, 4.69) is 30.3 Å². The molecule has 1 amide bonds. The Kier molecular flexibility index (Phi) is 9.87. The number of hydrogen-bond acceptors (Lipinski definition) is 9. The molecule has 1 aromatic carbocycles. The number of nitrogens with one attached hydrogen (secondary N) is 3. The van der Waals surface area contributed by atoms with Gasteiger partial charge in [-0.3, -0.25) is 9.52 Å². The van der Waals surface area contributed by atoms with Gasteiger partial charge in [0, 0.05) is 55.9 Å². The molecular formula is C25H31F3N8O3S. The molecule has 0 atom stereocenters. The minimum absolute atomic E-state index is 0.000176. The van der Waals surface area contributed by atoms with Crippen molar-refractivity contribution in [3.8, 4) is 0 Å². The SMILES string of the molecule is CCS(=O)(=O)Nc1ncccc1CNc1nc(Nc2ccc(C(=O)N(C)CCN(C)C)cc2)ncc1C(F)(F)F. The van der Waals surface area contributed by atoms with Crippen LogP contribution in [0.25, 0.3) is 0 Å². The first-order valence-electron chi connectivity index (χ1n) is 12.2. The highest BCUT2D eigenvalue weighted by Gasteiger charge is 2.35. The molecule has 0 aliphatic heterocycles. The molecule has 2 heterocycles. The lowest BCUT2D eigenvalue weighted by atomic mass is 10.2. The molecule has 2 aromatic heterocycles. The summed E-state index contributed by atoms with van der Waals surface area (Å²) >= 11 is 0. The summed E-state index contributed by atoms with van der Waals surface area (Å²) in [4.78, 5) is 28.0. The zero-order valence-electron chi connectivity index (χ0n) is 22.5. The van der Waals surface area contributed by atoms with Crippen molar-refractivity contribution in [1.29, 1.82) is 0 Å². The Balaban J connectivity index is 1.78. The maximum absolute atomic E-state index is 13.7. The number of likely N-dealkylation sites (N-methyl/N-ethyl adjacent to an activating group) is 2. The minimum Gasteiger partial charge on any atom is -0.365 e. The summed E-state index contributed by atoms with van der Waals surface area (Å²) < 4.78 is 67.3. The summed E-state index contributed by atoms with van der Waals surface area (Å²) in [5, 5.41) is 5.46. The Labute approximate surface area is 230 Å². The third-order valence-corrected chi connectivity index (χ3v) is 6.95. The second-order valence-corrected chi connectivity index (χ2v) is 11.1. The van der Waals surface area contributed by atoms with Crippen molar-refractivity contribution < 1.29 is 26.4 Å². The number of aromatic nitrogens is 3. The van der Waals surface area contributed by atoms with E-state index in [-0.39, 0.29) is 30.0 Å². The van der Waals surface area contributed by atoms with Crippen LogP contribution in [0.15, 0.2) is 48.8 Å². The summed E-state index contributed by atoms with van der Waals surface area (Å²) in [5.41, 5.74) is 0.131. The van der Waals surface area contributed by atoms with Gasteiger partial charge in [-0.25, -0.2) is 18.4 Å². The van der Waals surface area contributed by atoms with E-state index in [4.69, 9.17) is 0 Å². The standard InChI is InChI=1S/C25H31F3N8O3S/c1-5-40(38,39)34-21-18(7-6-12-29-21)15-30-22-20(25(26,27)28)16-31-24(33-22)32-19-10-8-17(9-11-19)23(37)36(4)14-13-35(2)3/h6-12,16H,5,13-15H2,1-4H3,(H,29,34)(H2,30,31,32,33). The number of amides is 1. The predicted octanol–water partition coefficient (Wildman–Crippen LogP) is 3.64. The van der Waals surface area contributed by atoms with Gasteiger partial charge in [-0.2, -0.15) is 18.2 Å². The molecule has 0 radical (unpaired) electrons. The number of sulfonamides is 1. The molecule has 11 nitrogen and oxygen atoms in total. The second-order valence-electron chi connectivity index (χ2n) is 9.06. The number of anilines is 4. The number of carbonyl (C=O) groups is 1. The molecule has 0 saturated heterocycles. The Bertz CT molecular complexity index is 1420. The fourth-order valence-corrected chi connectivity index (χ4v) is 3.98. The fourth-order valence-electron chi connectivity index (χ4n) is 3.35. The summed E-state index contributed by atoms with van der Waals surface area (Å²) in [6.45, 7) is 2.50. The van der Waals surface area contributed by atoms with Crippen LogP contribution in [-0.2, 0) is 22.7 Å². The zero-order chi connectivity index (χ0) is 29.5. The average Bonchev–Trinajstić information content (AvgIpc) is 2.90. The van der Waals surface area contributed by atoms with E-state index in [9.17, 15) is 26.4 Å². The predicted molar refractivity (Wildman–Crippen MR) is 147 cm³/mol. The summed E-state index contributed by atoms with van der Waals surface area (Å²) in [6.07, 6.45) is -2.73. The molecule has 0 aliphatic rings. The first-order chi connectivity index (χ1) is 18.8. The lowest BCUT2D eigenvalue weighted by Gasteiger charge is -2.20. The molecule has 3 aromatic rings. The van der Waals surface area contributed by atoms with Crippen LogP contribution in [0, 0.1) is 0 Å². The van der Waals surface area contributed by atoms with Crippen molar-refractivity contribution in [2.45, 2.75) is 19.6 Å². The summed E-state index contributed by atoms with van der Waals surface area (Å²) in [5.74, 6) is -0.984. The van der Waals surface area contributed by atoms with Gasteiger partial charge >= 0.3 is 6.18 Å². The number of benzene rings is 1. The highest BCUT2D eigenvalue weighted by Crippen LogP contribution is 2.34. The number of hydrogen-bond donors (Lipinski definition) is 3. The van der Waals surface area contributed by atoms with Crippen molar-refractivity contribution in [3.05, 3.63) is 65.5 Å². The van der Waals surface area contributed by atoms with Gasteiger partial charge in [0.1, 0.15) is 17.2 Å². The van der Waals surface area contributed by atoms with Crippen LogP contribution in [0.2, 0.25) is 0 Å². The van der Waals surface area contributed by atoms with Gasteiger partial charge in [0.2, 0.25) is 16.0 Å². The van der Waals surface area contributed by atoms with Gasteiger partial charge in [-0.15, -0.1) is 0 Å². The number of halogens is 3. The number of pyridine rings is 1. The van der Waals surface area contributed by atoms with Gasteiger partial charge in [0.05, 0.1) is 5.75 Å². The van der Waals surface area contributed by atoms with Gasteiger partial charge in [0.25, 0.3) is 5.91 Å². The monoisotopic (exact) mass is 580 g/mol. The van der Waals surface area contributed by atoms with E-state index in [0.29, 0.717) is 36.1 Å². The first kappa shape index (κ1) is 30.6. The van der Waals surface area contributed by atoms with E-state index in [1.807, 2.05) is 19.0 Å². The average molecular weight is 581 g/mol. The molecule has 0 unspecified atom stereocenters. The molecule has 0 saturated carbocycles. The molecule has 216 valence electrons. The van der Waals surface area contributed by atoms with E-state index in [1.165, 1.54) is 25.3 Å². The molecule has 15 heteroatoms. The number of alkyl halides is 3. The van der Waals surface area contributed by atoms with Crippen LogP contribution < -0.4 is 15.4 Å². The topological polar surface area (TPSA) is 132 Å². The van der Waals surface area contributed by atoms with Crippen molar-refractivity contribution in [1.82, 2.24) is 24.8 Å². The van der Waals surface area contributed by atoms with Gasteiger partial charge in [-0.05, 0) is 51.4 Å². The van der Waals surface area contributed by atoms with Crippen molar-refractivity contribution in [3.63, 3.8) is 0 Å². The second kappa shape index (κ2) is 12.9. The molecule has 0 fully saturated rings. The van der Waals surface area contributed by atoms with Crippen molar-refractivity contribution in [2.75, 3.05) is 55.3 Å². The highest BCUT2D eigenvalue weighted by atomic mass is 32.2. The number of carbonyl (C=O) groups excluding carboxylic acids is 1. The van der Waals surface area contributed by atoms with Crippen LogP contribution in [0.1, 0.15) is 28.4 Å². The molecule has 0 bridgehead atoms. The quantitative estimate of drug-likeness (QED) is 0.294. The molecule has 40 heavy (non-hydrogen) atoms. The van der Waals surface area contributed by atoms with Gasteiger partial charge in [-0.1, -0.05) is 6.07 Å². The van der Waals surface area contributed by atoms with Crippen LogP contribution in [0.3, 0.4) is 0 Å². The maximum atomic E-state index is 13.7. The van der Waals surface area contributed by atoms with E-state index in [0.717, 1.165) is 0 Å². The zero-order valence-corrected chi connectivity index (χ0v) is 23.3. The summed E-state index contributed by atoms with van der Waals surface area (Å²) in [7, 11) is 1.88. The third kappa shape index (κ3) is 8.51. The molecule has 3 N–H and O–H groups in total. The van der Waals surface area contributed by atoms with E-state index < -0.39 is 27.6 Å². The van der Waals surface area contributed by atoms with E-state index in [1.54, 1.807) is 36.2 Å². The smallest absolute Gasteiger partial charge is 0.365 e. The summed E-state index contributed by atoms with van der Waals surface area (Å²) in [6, 6.07) is 9.46. The molecule has 0 aliphatic carbocycles. The van der Waals surface area contributed by atoms with Gasteiger partial charge in [0.15, 0.2) is 0 Å².